The second-order valence-electron chi connectivity index (χ2n) is 11.7. The van der Waals surface area contributed by atoms with Gasteiger partial charge in [-0.05, 0) is 83.2 Å². The van der Waals surface area contributed by atoms with Gasteiger partial charge in [-0.15, -0.1) is 0 Å². The van der Waals surface area contributed by atoms with Gasteiger partial charge in [0.25, 0.3) is 5.91 Å². The average molecular weight is 534 g/mol. The van der Waals surface area contributed by atoms with E-state index in [9.17, 15) is 9.59 Å². The van der Waals surface area contributed by atoms with Gasteiger partial charge in [-0.1, -0.05) is 36.8 Å². The zero-order chi connectivity index (χ0) is 28.2. The molecule has 0 spiro atoms. The van der Waals surface area contributed by atoms with E-state index in [1.807, 2.05) is 36.9 Å². The predicted octanol–water partition coefficient (Wildman–Crippen LogP) is 5.60. The van der Waals surface area contributed by atoms with Crippen molar-refractivity contribution in [2.24, 2.45) is 0 Å². The summed E-state index contributed by atoms with van der Waals surface area (Å²) in [6.07, 6.45) is 3.08. The molecule has 7 heteroatoms. The number of piperidine rings is 1. The lowest BCUT2D eigenvalue weighted by atomic mass is 9.85. The first-order chi connectivity index (χ1) is 18.6. The van der Waals surface area contributed by atoms with Crippen molar-refractivity contribution in [3.63, 3.8) is 0 Å². The summed E-state index contributed by atoms with van der Waals surface area (Å²) in [4.78, 5) is 32.6. The number of amides is 3. The van der Waals surface area contributed by atoms with Gasteiger partial charge in [0.1, 0.15) is 0 Å². The lowest BCUT2D eigenvalue weighted by molar-refractivity contribution is -0.0305. The Hall–Kier alpha value is -2.90. The van der Waals surface area contributed by atoms with Crippen LogP contribution in [-0.4, -0.2) is 77.5 Å². The molecule has 0 aliphatic carbocycles. The molecule has 7 nitrogen and oxygen atoms in total. The molecular formula is C32H47N5O2. The lowest BCUT2D eigenvalue weighted by Gasteiger charge is -2.53. The summed E-state index contributed by atoms with van der Waals surface area (Å²) >= 11 is 0. The number of aryl methyl sites for hydroxylation is 2. The summed E-state index contributed by atoms with van der Waals surface area (Å²) in [5.41, 5.74) is 5.13. The number of carbonyl (C=O) groups is 2. The number of nitrogens with one attached hydrogen (secondary N) is 2. The second-order valence-corrected chi connectivity index (χ2v) is 11.7. The Bertz CT molecular complexity index is 1140. The van der Waals surface area contributed by atoms with Gasteiger partial charge in [-0.3, -0.25) is 14.6 Å². The molecule has 0 bridgehead atoms. The highest BCUT2D eigenvalue weighted by Gasteiger charge is 2.41. The molecular weight excluding hydrogens is 486 g/mol. The van der Waals surface area contributed by atoms with Crippen LogP contribution < -0.4 is 10.6 Å². The number of carbonyl (C=O) groups excluding carboxylic acids is 2. The van der Waals surface area contributed by atoms with Crippen molar-refractivity contribution in [2.45, 2.75) is 78.4 Å². The highest BCUT2D eigenvalue weighted by Crippen LogP contribution is 2.35. The Morgan fingerprint density at radius 2 is 1.69 bits per heavy atom. The molecule has 2 heterocycles. The van der Waals surface area contributed by atoms with Crippen molar-refractivity contribution in [3.8, 4) is 0 Å². The molecule has 2 saturated heterocycles. The molecule has 4 rings (SSSR count). The molecule has 2 aromatic carbocycles. The predicted molar refractivity (Wildman–Crippen MR) is 159 cm³/mol. The van der Waals surface area contributed by atoms with Gasteiger partial charge in [-0.25, -0.2) is 4.79 Å². The highest BCUT2D eigenvalue weighted by atomic mass is 16.2. The van der Waals surface area contributed by atoms with Gasteiger partial charge >= 0.3 is 6.03 Å². The topological polar surface area (TPSA) is 67.9 Å². The second kappa shape index (κ2) is 12.5. The molecule has 2 aromatic rings. The standard InChI is InChI=1S/C32H47N5O2/c1-7-29(26-11-9-23(3)10-12-26)37-20-19-36(22-25(37)5)32(6)15-17-35(18-16-32)30(38)28-14-13-27(21-24(28)4)34-31(39)33-8-2/h9-14,21,25,29H,7-8,15-20,22H2,1-6H3,(H2,33,34,39)/t25-,29-/m0/s1. The summed E-state index contributed by atoms with van der Waals surface area (Å²) in [6.45, 7) is 18.3. The van der Waals surface area contributed by atoms with E-state index >= 15 is 0 Å². The zero-order valence-corrected chi connectivity index (χ0v) is 24.7. The molecule has 2 N–H and O–H groups in total. The van der Waals surface area contributed by atoms with E-state index in [-0.39, 0.29) is 17.5 Å². The highest BCUT2D eigenvalue weighted by molar-refractivity contribution is 5.97. The van der Waals surface area contributed by atoms with E-state index in [2.05, 4.69) is 72.4 Å². The molecule has 0 unspecified atom stereocenters. The summed E-state index contributed by atoms with van der Waals surface area (Å²) in [7, 11) is 0. The Kier molecular flexibility index (Phi) is 9.34. The maximum absolute atomic E-state index is 13.4. The number of urea groups is 1. The number of anilines is 1. The number of benzene rings is 2. The molecule has 2 atom stereocenters. The van der Waals surface area contributed by atoms with Crippen LogP contribution in [0.2, 0.25) is 0 Å². The fourth-order valence-corrected chi connectivity index (χ4v) is 6.37. The van der Waals surface area contributed by atoms with E-state index in [0.29, 0.717) is 29.9 Å². The van der Waals surface area contributed by atoms with Crippen LogP contribution in [0.15, 0.2) is 42.5 Å². The lowest BCUT2D eigenvalue weighted by Crippen LogP contribution is -2.62. The van der Waals surface area contributed by atoms with Gasteiger partial charge < -0.3 is 15.5 Å². The zero-order valence-electron chi connectivity index (χ0n) is 24.7. The van der Waals surface area contributed by atoms with E-state index < -0.39 is 0 Å². The van der Waals surface area contributed by atoms with Gasteiger partial charge in [0, 0.05) is 68.1 Å². The van der Waals surface area contributed by atoms with E-state index in [1.165, 1.54) is 11.1 Å². The molecule has 39 heavy (non-hydrogen) atoms. The van der Waals surface area contributed by atoms with E-state index in [4.69, 9.17) is 0 Å². The summed E-state index contributed by atoms with van der Waals surface area (Å²) < 4.78 is 0. The van der Waals surface area contributed by atoms with Crippen molar-refractivity contribution in [1.29, 1.82) is 0 Å². The monoisotopic (exact) mass is 533 g/mol. The van der Waals surface area contributed by atoms with Gasteiger partial charge in [-0.2, -0.15) is 0 Å². The van der Waals surface area contributed by atoms with Crippen LogP contribution in [0, 0.1) is 13.8 Å². The molecule has 2 aliphatic heterocycles. The largest absolute Gasteiger partial charge is 0.339 e. The Morgan fingerprint density at radius 1 is 1.00 bits per heavy atom. The molecule has 0 saturated carbocycles. The number of hydrogen-bond acceptors (Lipinski definition) is 4. The van der Waals surface area contributed by atoms with E-state index in [0.717, 1.165) is 57.5 Å². The fourth-order valence-electron chi connectivity index (χ4n) is 6.37. The van der Waals surface area contributed by atoms with Crippen molar-refractivity contribution in [2.75, 3.05) is 44.6 Å². The summed E-state index contributed by atoms with van der Waals surface area (Å²) in [5.74, 6) is 0.0844. The van der Waals surface area contributed by atoms with Crippen LogP contribution in [0.25, 0.3) is 0 Å². The minimum Gasteiger partial charge on any atom is -0.339 e. The van der Waals surface area contributed by atoms with Crippen LogP contribution in [0.1, 0.15) is 80.0 Å². The molecule has 212 valence electrons. The molecule has 3 amide bonds. The van der Waals surface area contributed by atoms with Crippen molar-refractivity contribution < 1.29 is 9.59 Å². The van der Waals surface area contributed by atoms with Crippen LogP contribution >= 0.6 is 0 Å². The van der Waals surface area contributed by atoms with E-state index in [1.54, 1.807) is 0 Å². The number of piperazine rings is 1. The number of rotatable bonds is 7. The van der Waals surface area contributed by atoms with Crippen molar-refractivity contribution >= 4 is 17.6 Å². The maximum atomic E-state index is 13.4. The van der Waals surface area contributed by atoms with Gasteiger partial charge in [0.05, 0.1) is 0 Å². The van der Waals surface area contributed by atoms with Crippen LogP contribution in [0.5, 0.6) is 0 Å². The fraction of sp³-hybridized carbons (Fsp3) is 0.562. The first-order valence-corrected chi connectivity index (χ1v) is 14.7. The summed E-state index contributed by atoms with van der Waals surface area (Å²) in [6, 6.07) is 15.3. The molecule has 0 radical (unpaired) electrons. The van der Waals surface area contributed by atoms with Crippen LogP contribution in [0.4, 0.5) is 10.5 Å². The number of hydrogen-bond donors (Lipinski definition) is 2. The Balaban J connectivity index is 1.34. The SMILES string of the molecule is CCNC(=O)Nc1ccc(C(=O)N2CCC(C)(N3CCN([C@@H](CC)c4ccc(C)cc4)[C@@H](C)C3)CC2)c(C)c1. The smallest absolute Gasteiger partial charge is 0.319 e. The number of likely N-dealkylation sites (tertiary alicyclic amines) is 1. The quantitative estimate of drug-likeness (QED) is 0.486. The third-order valence-electron chi connectivity index (χ3n) is 8.87. The van der Waals surface area contributed by atoms with Crippen LogP contribution in [-0.2, 0) is 0 Å². The third-order valence-corrected chi connectivity index (χ3v) is 8.87. The first kappa shape index (κ1) is 29.1. The Labute approximate surface area is 234 Å². The third kappa shape index (κ3) is 6.64. The van der Waals surface area contributed by atoms with Gasteiger partial charge in [0.2, 0.25) is 0 Å². The minimum absolute atomic E-state index is 0.0844. The maximum Gasteiger partial charge on any atom is 0.319 e. The van der Waals surface area contributed by atoms with Crippen LogP contribution in [0.3, 0.4) is 0 Å². The van der Waals surface area contributed by atoms with Gasteiger partial charge in [0.15, 0.2) is 0 Å². The average Bonchev–Trinajstić information content (AvgIpc) is 2.91. The molecule has 0 aromatic heterocycles. The van der Waals surface area contributed by atoms with Crippen molar-refractivity contribution in [3.05, 3.63) is 64.7 Å². The number of nitrogens with zero attached hydrogens (tertiary/aromatic N) is 3. The normalized spacial score (nSPS) is 20.9. The molecule has 2 aliphatic rings. The minimum atomic E-state index is -0.234. The molecule has 2 fully saturated rings. The van der Waals surface area contributed by atoms with Crippen molar-refractivity contribution in [1.82, 2.24) is 20.0 Å². The Morgan fingerprint density at radius 3 is 2.28 bits per heavy atom. The summed E-state index contributed by atoms with van der Waals surface area (Å²) in [5, 5.41) is 5.55. The first-order valence-electron chi connectivity index (χ1n) is 14.7.